The molecule has 1 N–H and O–H groups in total. The van der Waals surface area contributed by atoms with Gasteiger partial charge in [0, 0.05) is 4.75 Å². The van der Waals surface area contributed by atoms with Gasteiger partial charge in [-0.2, -0.15) is 0 Å². The van der Waals surface area contributed by atoms with Crippen LogP contribution in [0.4, 0.5) is 0 Å². The van der Waals surface area contributed by atoms with Crippen molar-refractivity contribution in [3.05, 3.63) is 0 Å². The van der Waals surface area contributed by atoms with Gasteiger partial charge in [0.1, 0.15) is 0 Å². The Balaban J connectivity index is 2.09. The molecule has 2 nitrogen and oxygen atoms in total. The molecule has 0 radical (unpaired) electrons. The molecule has 0 aliphatic heterocycles. The van der Waals surface area contributed by atoms with Crippen LogP contribution in [0.3, 0.4) is 0 Å². The molecule has 1 saturated carbocycles. The highest BCUT2D eigenvalue weighted by atomic mass is 32.2. The molecule has 0 aromatic carbocycles. The molecule has 1 rings (SSSR count). The van der Waals surface area contributed by atoms with Crippen molar-refractivity contribution in [3.8, 4) is 0 Å². The highest BCUT2D eigenvalue weighted by Gasteiger charge is 2.38. The first kappa shape index (κ1) is 5.95. The van der Waals surface area contributed by atoms with E-state index in [1.54, 1.807) is 0 Å². The number of carbonyl (C=O) groups excluding carboxylic acids is 1. The molecule has 1 amide bonds. The summed E-state index contributed by atoms with van der Waals surface area (Å²) in [5.41, 5.74) is 0. The van der Waals surface area contributed by atoms with Gasteiger partial charge in [-0.3, -0.25) is 4.79 Å². The van der Waals surface area contributed by atoms with Crippen molar-refractivity contribution in [2.24, 2.45) is 0 Å². The highest BCUT2D eigenvalue weighted by Crippen LogP contribution is 2.45. The predicted octanol–water partition coefficient (Wildman–Crippen LogP) is 0.933. The first-order chi connectivity index (χ1) is 3.77. The van der Waals surface area contributed by atoms with Crippen LogP contribution >= 0.6 is 11.9 Å². The van der Waals surface area contributed by atoms with E-state index in [-0.39, 0.29) is 0 Å². The molecule has 1 aliphatic rings. The average molecular weight is 131 g/mol. The number of rotatable bonds is 3. The quantitative estimate of drug-likeness (QED) is 0.456. The monoisotopic (exact) mass is 131 g/mol. The topological polar surface area (TPSA) is 29.1 Å². The summed E-state index contributed by atoms with van der Waals surface area (Å²) in [7, 11) is 0. The maximum absolute atomic E-state index is 9.75. The third-order valence-corrected chi connectivity index (χ3v) is 2.42. The van der Waals surface area contributed by atoms with Crippen molar-refractivity contribution in [1.82, 2.24) is 4.72 Å². The maximum Gasteiger partial charge on any atom is 0.216 e. The van der Waals surface area contributed by atoms with Gasteiger partial charge in [-0.25, -0.2) is 0 Å². The predicted molar refractivity (Wildman–Crippen MR) is 34.4 cm³/mol. The Morgan fingerprint density at radius 1 is 1.75 bits per heavy atom. The zero-order chi connectivity index (χ0) is 6.04. The summed E-state index contributed by atoms with van der Waals surface area (Å²) in [6.45, 7) is 2.15. The maximum atomic E-state index is 9.75. The molecule has 0 saturated heterocycles. The number of hydrogen-bond acceptors (Lipinski definition) is 2. The van der Waals surface area contributed by atoms with Crippen LogP contribution in [0.2, 0.25) is 0 Å². The lowest BCUT2D eigenvalue weighted by Crippen LogP contribution is -2.06. The fourth-order valence-electron chi connectivity index (χ4n) is 0.444. The van der Waals surface area contributed by atoms with E-state index < -0.39 is 0 Å². The average Bonchev–Trinajstić information content (AvgIpc) is 2.45. The smallest absolute Gasteiger partial charge is 0.216 e. The molecule has 0 heterocycles. The number of nitrogens with one attached hydrogen (secondary N) is 1. The Morgan fingerprint density at radius 3 is 2.75 bits per heavy atom. The molecule has 46 valence electrons. The molecule has 0 spiro atoms. The van der Waals surface area contributed by atoms with Gasteiger partial charge < -0.3 is 4.72 Å². The molecule has 8 heavy (non-hydrogen) atoms. The second-order valence-corrected chi connectivity index (χ2v) is 3.71. The standard InChI is InChI=1S/C5H9NOS/c1-5(2-3-5)8-6-4-7/h4H,2-3H2,1H3,(H,6,7). The lowest BCUT2D eigenvalue weighted by molar-refractivity contribution is -0.107. The van der Waals surface area contributed by atoms with E-state index >= 15 is 0 Å². The summed E-state index contributed by atoms with van der Waals surface area (Å²) in [5.74, 6) is 0. The minimum Gasteiger partial charge on any atom is -0.302 e. The van der Waals surface area contributed by atoms with Crippen LogP contribution in [-0.2, 0) is 4.79 Å². The second-order valence-electron chi connectivity index (χ2n) is 2.29. The van der Waals surface area contributed by atoms with Crippen molar-refractivity contribution < 1.29 is 4.79 Å². The van der Waals surface area contributed by atoms with E-state index in [0.29, 0.717) is 4.75 Å². The summed E-state index contributed by atoms with van der Waals surface area (Å²) in [5, 5.41) is 0. The van der Waals surface area contributed by atoms with Crippen molar-refractivity contribution in [2.45, 2.75) is 24.5 Å². The zero-order valence-electron chi connectivity index (χ0n) is 4.81. The van der Waals surface area contributed by atoms with Crippen molar-refractivity contribution in [3.63, 3.8) is 0 Å². The highest BCUT2D eigenvalue weighted by molar-refractivity contribution is 7.99. The Hall–Kier alpha value is -0.180. The third-order valence-electron chi connectivity index (χ3n) is 1.31. The summed E-state index contributed by atoms with van der Waals surface area (Å²) >= 11 is 1.53. The van der Waals surface area contributed by atoms with Crippen LogP contribution in [0, 0.1) is 0 Å². The minimum atomic E-state index is 0.376. The number of amides is 1. The van der Waals surface area contributed by atoms with Gasteiger partial charge in [0.2, 0.25) is 6.41 Å². The van der Waals surface area contributed by atoms with Gasteiger partial charge >= 0.3 is 0 Å². The molecule has 0 aromatic rings. The molecule has 0 aromatic heterocycles. The van der Waals surface area contributed by atoms with E-state index in [1.165, 1.54) is 24.8 Å². The summed E-state index contributed by atoms with van der Waals surface area (Å²) in [4.78, 5) is 9.75. The van der Waals surface area contributed by atoms with Gasteiger partial charge in [0.05, 0.1) is 0 Å². The molecule has 0 atom stereocenters. The summed E-state index contributed by atoms with van der Waals surface area (Å²) in [6, 6.07) is 0. The Kier molecular flexibility index (Phi) is 1.47. The Morgan fingerprint density at radius 2 is 2.38 bits per heavy atom. The molecular weight excluding hydrogens is 122 g/mol. The van der Waals surface area contributed by atoms with E-state index in [9.17, 15) is 4.79 Å². The third kappa shape index (κ3) is 1.40. The molecular formula is C5H9NOS. The normalized spacial score (nSPS) is 22.1. The second kappa shape index (κ2) is 1.97. The zero-order valence-corrected chi connectivity index (χ0v) is 5.62. The Labute approximate surface area is 53.2 Å². The van der Waals surface area contributed by atoms with E-state index in [2.05, 4.69) is 11.6 Å². The lowest BCUT2D eigenvalue weighted by atomic mass is 10.5. The Bertz CT molecular complexity index is 101. The van der Waals surface area contributed by atoms with Crippen molar-refractivity contribution in [2.75, 3.05) is 0 Å². The number of carbonyl (C=O) groups is 1. The minimum absolute atomic E-state index is 0.376. The molecule has 0 bridgehead atoms. The van der Waals surface area contributed by atoms with Gasteiger partial charge in [0.25, 0.3) is 0 Å². The summed E-state index contributed by atoms with van der Waals surface area (Å²) < 4.78 is 2.96. The van der Waals surface area contributed by atoms with E-state index in [1.807, 2.05) is 0 Å². The van der Waals surface area contributed by atoms with Crippen molar-refractivity contribution in [1.29, 1.82) is 0 Å². The SMILES string of the molecule is CC1(SNC=O)CC1. The summed E-state index contributed by atoms with van der Waals surface area (Å²) in [6.07, 6.45) is 3.20. The van der Waals surface area contributed by atoms with Gasteiger partial charge in [-0.05, 0) is 31.7 Å². The van der Waals surface area contributed by atoms with Crippen LogP contribution in [0.1, 0.15) is 19.8 Å². The van der Waals surface area contributed by atoms with E-state index in [4.69, 9.17) is 0 Å². The van der Waals surface area contributed by atoms with Gasteiger partial charge in [0.15, 0.2) is 0 Å². The van der Waals surface area contributed by atoms with Crippen LogP contribution in [-0.4, -0.2) is 11.2 Å². The first-order valence-corrected chi connectivity index (χ1v) is 3.46. The largest absolute Gasteiger partial charge is 0.302 e. The molecule has 1 fully saturated rings. The van der Waals surface area contributed by atoms with Crippen LogP contribution in [0.5, 0.6) is 0 Å². The number of hydrogen-bond donors (Lipinski definition) is 1. The van der Waals surface area contributed by atoms with Crippen molar-refractivity contribution >= 4 is 18.4 Å². The van der Waals surface area contributed by atoms with Crippen LogP contribution in [0.25, 0.3) is 0 Å². The lowest BCUT2D eigenvalue weighted by Gasteiger charge is -2.02. The fraction of sp³-hybridized carbons (Fsp3) is 0.800. The van der Waals surface area contributed by atoms with E-state index in [0.717, 1.165) is 6.41 Å². The van der Waals surface area contributed by atoms with Crippen LogP contribution in [0.15, 0.2) is 0 Å². The molecule has 0 unspecified atom stereocenters. The fourth-order valence-corrected chi connectivity index (χ4v) is 1.08. The molecule has 3 heteroatoms. The molecule has 1 aliphatic carbocycles. The van der Waals surface area contributed by atoms with Crippen LogP contribution < -0.4 is 4.72 Å². The first-order valence-electron chi connectivity index (χ1n) is 2.64. The van der Waals surface area contributed by atoms with Gasteiger partial charge in [-0.1, -0.05) is 0 Å². The van der Waals surface area contributed by atoms with Gasteiger partial charge in [-0.15, -0.1) is 0 Å².